The highest BCUT2D eigenvalue weighted by atomic mass is 16.5. The molecule has 27 heavy (non-hydrogen) atoms. The van der Waals surface area contributed by atoms with E-state index in [1.54, 1.807) is 25.4 Å². The fourth-order valence-corrected chi connectivity index (χ4v) is 2.05. The summed E-state index contributed by atoms with van der Waals surface area (Å²) in [6.07, 6.45) is 7.76. The summed E-state index contributed by atoms with van der Waals surface area (Å²) in [5, 5.41) is 42.6. The van der Waals surface area contributed by atoms with Crippen LogP contribution < -0.4 is 16.0 Å². The summed E-state index contributed by atoms with van der Waals surface area (Å²) < 4.78 is 5.54. The fourth-order valence-electron chi connectivity index (χ4n) is 2.05. The highest BCUT2D eigenvalue weighted by Gasteiger charge is 2.27. The Kier molecular flexibility index (Phi) is 8.43. The quantitative estimate of drug-likeness (QED) is 0.203. The minimum atomic E-state index is -1.19. The molecule has 0 saturated heterocycles. The Bertz CT molecular complexity index is 703. The third kappa shape index (κ3) is 6.39. The Labute approximate surface area is 158 Å². The minimum absolute atomic E-state index is 0.0309. The van der Waals surface area contributed by atoms with Crippen LogP contribution in [0, 0.1) is 10.8 Å². The van der Waals surface area contributed by atoms with E-state index >= 15 is 0 Å². The van der Waals surface area contributed by atoms with E-state index < -0.39 is 24.7 Å². The highest BCUT2D eigenvalue weighted by molar-refractivity contribution is 6.14. The van der Waals surface area contributed by atoms with Crippen LogP contribution in [-0.4, -0.2) is 67.0 Å². The van der Waals surface area contributed by atoms with Gasteiger partial charge in [0, 0.05) is 19.7 Å². The lowest BCUT2D eigenvalue weighted by Gasteiger charge is -2.27. The number of nitrogens with one attached hydrogen (secondary N) is 5. The Balaban J connectivity index is 3.03. The van der Waals surface area contributed by atoms with Gasteiger partial charge in [-0.2, -0.15) is 0 Å². The first-order valence-electron chi connectivity index (χ1n) is 8.29. The highest BCUT2D eigenvalue weighted by Crippen LogP contribution is 2.18. The van der Waals surface area contributed by atoms with Gasteiger partial charge in [0.15, 0.2) is 0 Å². The van der Waals surface area contributed by atoms with Crippen molar-refractivity contribution in [2.75, 3.05) is 33.9 Å². The molecule has 9 nitrogen and oxygen atoms in total. The first-order valence-corrected chi connectivity index (χ1v) is 8.29. The lowest BCUT2D eigenvalue weighted by molar-refractivity contribution is -0.120. The number of hydrogen-bond donors (Lipinski definition) is 7. The van der Waals surface area contributed by atoms with Crippen LogP contribution in [0.1, 0.15) is 6.92 Å². The van der Waals surface area contributed by atoms with Crippen LogP contribution in [0.4, 0.5) is 0 Å². The van der Waals surface area contributed by atoms with Gasteiger partial charge in [0.05, 0.1) is 30.2 Å². The second-order valence-electron chi connectivity index (χ2n) is 6.10. The molecule has 0 aromatic rings. The molecule has 0 aromatic heterocycles. The van der Waals surface area contributed by atoms with Gasteiger partial charge in [-0.1, -0.05) is 0 Å². The maximum absolute atomic E-state index is 12.5. The van der Waals surface area contributed by atoms with E-state index in [4.69, 9.17) is 15.6 Å². The van der Waals surface area contributed by atoms with Crippen LogP contribution >= 0.6 is 0 Å². The molecule has 0 aliphatic heterocycles. The molecule has 0 fully saturated rings. The second-order valence-corrected chi connectivity index (χ2v) is 6.10. The van der Waals surface area contributed by atoms with Crippen LogP contribution in [0.25, 0.3) is 0 Å². The van der Waals surface area contributed by atoms with Crippen LogP contribution in [0.15, 0.2) is 47.5 Å². The van der Waals surface area contributed by atoms with Crippen LogP contribution in [0.3, 0.4) is 0 Å². The molecule has 0 saturated carbocycles. The molecule has 7 N–H and O–H groups in total. The SMILES string of the molecule is CN/C=C\C(=N)COC1=C/C(=C(/NC)C(=O)NC(C)(CO)CO)C(=N)C=C1. The summed E-state index contributed by atoms with van der Waals surface area (Å²) >= 11 is 0. The maximum Gasteiger partial charge on any atom is 0.268 e. The molecule has 0 atom stereocenters. The third-order valence-electron chi connectivity index (χ3n) is 3.70. The summed E-state index contributed by atoms with van der Waals surface area (Å²) in [7, 11) is 3.26. The van der Waals surface area contributed by atoms with Gasteiger partial charge >= 0.3 is 0 Å². The zero-order valence-corrected chi connectivity index (χ0v) is 15.7. The van der Waals surface area contributed by atoms with E-state index in [0.29, 0.717) is 11.3 Å². The Morgan fingerprint density at radius 1 is 1.30 bits per heavy atom. The monoisotopic (exact) mass is 377 g/mol. The van der Waals surface area contributed by atoms with Crippen molar-refractivity contribution >= 4 is 17.3 Å². The normalized spacial score (nSPS) is 16.0. The van der Waals surface area contributed by atoms with E-state index in [1.807, 2.05) is 0 Å². The minimum Gasteiger partial charge on any atom is -0.487 e. The van der Waals surface area contributed by atoms with Gasteiger partial charge in [-0.25, -0.2) is 0 Å². The fraction of sp³-hybridized carbons (Fsp3) is 0.389. The third-order valence-corrected chi connectivity index (χ3v) is 3.70. The molecular formula is C18H27N5O4. The van der Waals surface area contributed by atoms with Crippen LogP contribution in [-0.2, 0) is 9.53 Å². The summed E-state index contributed by atoms with van der Waals surface area (Å²) in [6, 6.07) is 0. The van der Waals surface area contributed by atoms with E-state index in [0.717, 1.165) is 0 Å². The lowest BCUT2D eigenvalue weighted by Crippen LogP contribution is -2.53. The van der Waals surface area contributed by atoms with Crippen molar-refractivity contribution in [1.29, 1.82) is 10.8 Å². The topological polar surface area (TPSA) is 151 Å². The number of carbonyl (C=O) groups excluding carboxylic acids is 1. The van der Waals surface area contributed by atoms with Crippen molar-refractivity contribution in [1.82, 2.24) is 16.0 Å². The van der Waals surface area contributed by atoms with Crippen molar-refractivity contribution in [3.8, 4) is 0 Å². The first kappa shape index (κ1) is 22.1. The summed E-state index contributed by atoms with van der Waals surface area (Å²) in [5.41, 5.74) is -0.448. The molecule has 0 spiro atoms. The number of aliphatic hydroxyl groups is 2. The molecule has 148 valence electrons. The molecule has 1 rings (SSSR count). The number of aliphatic hydroxyl groups excluding tert-OH is 2. The number of allylic oxidation sites excluding steroid dienone is 4. The predicted octanol–water partition coefficient (Wildman–Crippen LogP) is -0.438. The van der Waals surface area contributed by atoms with Crippen molar-refractivity contribution in [2.45, 2.75) is 12.5 Å². The number of ether oxygens (including phenoxy) is 1. The predicted molar refractivity (Wildman–Crippen MR) is 104 cm³/mol. The van der Waals surface area contributed by atoms with E-state index in [9.17, 15) is 15.0 Å². The number of rotatable bonds is 10. The average Bonchev–Trinajstić information content (AvgIpc) is 2.66. The van der Waals surface area contributed by atoms with Gasteiger partial charge in [-0.3, -0.25) is 4.79 Å². The summed E-state index contributed by atoms with van der Waals surface area (Å²) in [6.45, 7) is 0.656. The van der Waals surface area contributed by atoms with E-state index in [1.165, 1.54) is 26.1 Å². The standard InChI is InChI=1S/C18H27N5O4/c1-18(10-24,11-25)23-17(26)16(22-3)14-8-13(4-5-15(14)20)27-9-12(19)6-7-21-2/h4-8,19-22,24-25H,9-11H2,1-3H3,(H,23,26)/b7-6-,16-14-,19-12?,20-15?. The maximum atomic E-state index is 12.5. The molecule has 1 aliphatic rings. The molecular weight excluding hydrogens is 350 g/mol. The molecule has 1 aliphatic carbocycles. The number of likely N-dealkylation sites (N-methyl/N-ethyl adjacent to an activating group) is 1. The Morgan fingerprint density at radius 2 is 1.96 bits per heavy atom. The van der Waals surface area contributed by atoms with Crippen LogP contribution in [0.2, 0.25) is 0 Å². The van der Waals surface area contributed by atoms with Crippen molar-refractivity contribution < 1.29 is 19.7 Å². The van der Waals surface area contributed by atoms with Gasteiger partial charge in [0.25, 0.3) is 5.91 Å². The first-order chi connectivity index (χ1) is 12.8. The van der Waals surface area contributed by atoms with E-state index in [-0.39, 0.29) is 23.7 Å². The van der Waals surface area contributed by atoms with Crippen molar-refractivity contribution in [3.05, 3.63) is 47.5 Å². The Hall–Kier alpha value is -2.91. The van der Waals surface area contributed by atoms with Gasteiger partial charge in [-0.15, -0.1) is 0 Å². The second kappa shape index (κ2) is 10.3. The molecule has 0 bridgehead atoms. The zero-order valence-electron chi connectivity index (χ0n) is 15.7. The average molecular weight is 377 g/mol. The van der Waals surface area contributed by atoms with Gasteiger partial charge in [0.1, 0.15) is 18.1 Å². The number of carbonyl (C=O) groups is 1. The van der Waals surface area contributed by atoms with Crippen LogP contribution in [0.5, 0.6) is 0 Å². The van der Waals surface area contributed by atoms with E-state index in [2.05, 4.69) is 16.0 Å². The van der Waals surface area contributed by atoms with Crippen molar-refractivity contribution in [2.24, 2.45) is 0 Å². The van der Waals surface area contributed by atoms with Gasteiger partial charge in [0.2, 0.25) is 0 Å². The number of amides is 1. The van der Waals surface area contributed by atoms with Gasteiger partial charge in [-0.05, 0) is 37.4 Å². The molecule has 0 heterocycles. The lowest BCUT2D eigenvalue weighted by atomic mass is 10.00. The molecule has 0 unspecified atom stereocenters. The molecule has 0 radical (unpaired) electrons. The summed E-state index contributed by atoms with van der Waals surface area (Å²) in [5.74, 6) is -0.172. The zero-order chi connectivity index (χ0) is 20.4. The molecule has 0 aromatic carbocycles. The Morgan fingerprint density at radius 3 is 2.52 bits per heavy atom. The smallest absolute Gasteiger partial charge is 0.268 e. The van der Waals surface area contributed by atoms with Gasteiger partial charge < -0.3 is 41.7 Å². The molecule has 1 amide bonds. The van der Waals surface area contributed by atoms with Crippen molar-refractivity contribution in [3.63, 3.8) is 0 Å². The number of hydrogen-bond acceptors (Lipinski definition) is 8. The molecule has 9 heteroatoms. The summed E-state index contributed by atoms with van der Waals surface area (Å²) in [4.78, 5) is 12.5. The largest absolute Gasteiger partial charge is 0.487 e.